The molecule has 0 amide bonds. The molecule has 0 spiro atoms. The van der Waals surface area contributed by atoms with Gasteiger partial charge in [0, 0.05) is 17.5 Å². The van der Waals surface area contributed by atoms with Gasteiger partial charge in [-0.1, -0.05) is 82.6 Å². The van der Waals surface area contributed by atoms with Crippen molar-refractivity contribution in [2.75, 3.05) is 7.11 Å². The van der Waals surface area contributed by atoms with Crippen LogP contribution in [0.25, 0.3) is 33.5 Å². The van der Waals surface area contributed by atoms with E-state index in [1.807, 2.05) is 54.6 Å². The van der Waals surface area contributed by atoms with E-state index >= 15 is 0 Å². The summed E-state index contributed by atoms with van der Waals surface area (Å²) in [4.78, 5) is 34.4. The Bertz CT molecular complexity index is 1780. The van der Waals surface area contributed by atoms with Crippen LogP contribution in [-0.4, -0.2) is 33.9 Å². The monoisotopic (exact) mass is 574 g/mol. The molecule has 0 aliphatic heterocycles. The van der Waals surface area contributed by atoms with Gasteiger partial charge in [-0.15, -0.1) is 0 Å². The fourth-order valence-electron chi connectivity index (χ4n) is 5.61. The second kappa shape index (κ2) is 12.3. The third kappa shape index (κ3) is 6.38. The van der Waals surface area contributed by atoms with Crippen molar-refractivity contribution in [2.24, 2.45) is 0 Å². The van der Waals surface area contributed by atoms with Crippen LogP contribution < -0.4 is 4.74 Å². The summed E-state index contributed by atoms with van der Waals surface area (Å²) < 4.78 is 5.52. The van der Waals surface area contributed by atoms with Gasteiger partial charge in [0.1, 0.15) is 11.6 Å². The molecule has 0 saturated carbocycles. The fraction of sp³-hybridized carbons (Fsp3) is 0.270. The number of imidazole rings is 1. The SMILES string of the molecule is CCC[C@@H](CC(=O)c1ccc(-c2cc(OC)ccc2-c2nc3ccc(C(C)(C)C)cc3[nH]2)c(C(=O)O)c1)c1ccccc1. The lowest BCUT2D eigenvalue weighted by Crippen LogP contribution is -2.10. The highest BCUT2D eigenvalue weighted by Gasteiger charge is 2.23. The van der Waals surface area contributed by atoms with Gasteiger partial charge in [-0.3, -0.25) is 4.79 Å². The molecule has 0 saturated heterocycles. The molecule has 1 aromatic heterocycles. The molecule has 6 nitrogen and oxygen atoms in total. The normalized spacial score (nSPS) is 12.3. The Morgan fingerprint density at radius 2 is 1.65 bits per heavy atom. The van der Waals surface area contributed by atoms with E-state index in [4.69, 9.17) is 9.72 Å². The second-order valence-electron chi connectivity index (χ2n) is 12.1. The van der Waals surface area contributed by atoms with E-state index in [2.05, 4.69) is 44.8 Å². The number of aromatic nitrogens is 2. The number of carboxylic acids is 1. The number of rotatable bonds is 10. The number of aromatic carboxylic acids is 1. The van der Waals surface area contributed by atoms with Gasteiger partial charge in [0.15, 0.2) is 5.78 Å². The van der Waals surface area contributed by atoms with Crippen LogP contribution in [0.3, 0.4) is 0 Å². The molecule has 5 rings (SSSR count). The molecule has 4 aromatic carbocycles. The van der Waals surface area contributed by atoms with Crippen molar-refractivity contribution in [3.05, 3.63) is 107 Å². The molecule has 6 heteroatoms. The molecule has 1 heterocycles. The highest BCUT2D eigenvalue weighted by Crippen LogP contribution is 2.38. The number of H-pyrrole nitrogens is 1. The number of carbonyl (C=O) groups excluding carboxylic acids is 1. The molecule has 2 N–H and O–H groups in total. The van der Waals surface area contributed by atoms with Crippen molar-refractivity contribution >= 4 is 22.8 Å². The summed E-state index contributed by atoms with van der Waals surface area (Å²) in [5.74, 6) is 0.107. The van der Waals surface area contributed by atoms with Crippen molar-refractivity contribution in [3.63, 3.8) is 0 Å². The van der Waals surface area contributed by atoms with Crippen LogP contribution in [0.5, 0.6) is 5.75 Å². The lowest BCUT2D eigenvalue weighted by atomic mass is 9.87. The Labute approximate surface area is 252 Å². The smallest absolute Gasteiger partial charge is 0.336 e. The minimum atomic E-state index is -1.11. The summed E-state index contributed by atoms with van der Waals surface area (Å²) in [5, 5.41) is 10.3. The van der Waals surface area contributed by atoms with Crippen LogP contribution in [0.2, 0.25) is 0 Å². The predicted molar refractivity (Wildman–Crippen MR) is 172 cm³/mol. The van der Waals surface area contributed by atoms with Gasteiger partial charge in [0.25, 0.3) is 0 Å². The number of methoxy groups -OCH3 is 1. The van der Waals surface area contributed by atoms with E-state index in [0.717, 1.165) is 35.0 Å². The van der Waals surface area contributed by atoms with E-state index in [1.54, 1.807) is 19.2 Å². The molecule has 0 unspecified atom stereocenters. The van der Waals surface area contributed by atoms with Crippen LogP contribution in [0.15, 0.2) is 84.9 Å². The number of hydrogen-bond donors (Lipinski definition) is 2. The summed E-state index contributed by atoms with van der Waals surface area (Å²) in [6.07, 6.45) is 2.14. The largest absolute Gasteiger partial charge is 0.497 e. The van der Waals surface area contributed by atoms with Crippen LogP contribution in [-0.2, 0) is 5.41 Å². The lowest BCUT2D eigenvalue weighted by molar-refractivity contribution is 0.0697. The Hall–Kier alpha value is -4.71. The van der Waals surface area contributed by atoms with E-state index in [0.29, 0.717) is 34.7 Å². The van der Waals surface area contributed by atoms with Crippen LogP contribution in [0.1, 0.15) is 84.7 Å². The number of benzene rings is 4. The summed E-state index contributed by atoms with van der Waals surface area (Å²) in [6, 6.07) is 26.7. The van der Waals surface area contributed by atoms with E-state index in [1.165, 1.54) is 11.6 Å². The van der Waals surface area contributed by atoms with Gasteiger partial charge >= 0.3 is 5.97 Å². The van der Waals surface area contributed by atoms with Crippen molar-refractivity contribution in [1.29, 1.82) is 0 Å². The first-order chi connectivity index (χ1) is 20.6. The quantitative estimate of drug-likeness (QED) is 0.162. The molecule has 0 aliphatic carbocycles. The number of ketones is 1. The molecular weight excluding hydrogens is 536 g/mol. The van der Waals surface area contributed by atoms with E-state index < -0.39 is 5.97 Å². The summed E-state index contributed by atoms with van der Waals surface area (Å²) in [7, 11) is 1.58. The molecule has 0 fully saturated rings. The Balaban J connectivity index is 1.56. The third-order valence-electron chi connectivity index (χ3n) is 8.03. The highest BCUT2D eigenvalue weighted by atomic mass is 16.5. The molecule has 220 valence electrons. The predicted octanol–water partition coefficient (Wildman–Crippen LogP) is 9.06. The molecule has 0 aliphatic rings. The van der Waals surface area contributed by atoms with Gasteiger partial charge < -0.3 is 14.8 Å². The first-order valence-corrected chi connectivity index (χ1v) is 14.7. The fourth-order valence-corrected chi connectivity index (χ4v) is 5.61. The average molecular weight is 575 g/mol. The Kier molecular flexibility index (Phi) is 8.49. The third-order valence-corrected chi connectivity index (χ3v) is 8.03. The number of fused-ring (bicyclic) bond motifs is 1. The van der Waals surface area contributed by atoms with Crippen LogP contribution in [0.4, 0.5) is 0 Å². The Morgan fingerprint density at radius 3 is 2.33 bits per heavy atom. The van der Waals surface area contributed by atoms with E-state index in [-0.39, 0.29) is 22.7 Å². The van der Waals surface area contributed by atoms with Gasteiger partial charge in [0.05, 0.1) is 23.7 Å². The zero-order valence-corrected chi connectivity index (χ0v) is 25.4. The van der Waals surface area contributed by atoms with Gasteiger partial charge in [-0.25, -0.2) is 9.78 Å². The maximum atomic E-state index is 13.5. The minimum Gasteiger partial charge on any atom is -0.497 e. The van der Waals surface area contributed by atoms with E-state index in [9.17, 15) is 14.7 Å². The van der Waals surface area contributed by atoms with Gasteiger partial charge in [-0.05, 0) is 76.4 Å². The molecule has 0 bridgehead atoms. The number of ether oxygens (including phenoxy) is 1. The molecular formula is C37H38N2O4. The van der Waals surface area contributed by atoms with Crippen molar-refractivity contribution in [3.8, 4) is 28.3 Å². The molecule has 43 heavy (non-hydrogen) atoms. The van der Waals surface area contributed by atoms with Gasteiger partial charge in [-0.2, -0.15) is 0 Å². The average Bonchev–Trinajstić information content (AvgIpc) is 3.43. The summed E-state index contributed by atoms with van der Waals surface area (Å²) in [5.41, 5.74) is 6.34. The maximum absolute atomic E-state index is 13.5. The number of carboxylic acid groups (broad SMARTS) is 1. The number of hydrogen-bond acceptors (Lipinski definition) is 4. The standard InChI is InChI=1S/C37H38N2O4/c1-6-10-24(23-11-8-7-9-12-23)20-34(40)25-13-16-28(31(19-25)36(41)42)30-22-27(43-5)15-17-29(30)35-38-32-18-14-26(37(2,3)4)21-33(32)39-35/h7-9,11-19,21-22,24H,6,10,20H2,1-5H3,(H,38,39)(H,41,42)/t24-/m0/s1. The summed E-state index contributed by atoms with van der Waals surface area (Å²) >= 11 is 0. The number of nitrogens with one attached hydrogen (secondary N) is 1. The zero-order chi connectivity index (χ0) is 30.7. The zero-order valence-electron chi connectivity index (χ0n) is 25.4. The number of Topliss-reactive ketones (excluding diaryl/α,β-unsaturated/α-hetero) is 1. The van der Waals surface area contributed by atoms with Crippen LogP contribution in [0, 0.1) is 0 Å². The maximum Gasteiger partial charge on any atom is 0.336 e. The molecule has 5 aromatic rings. The minimum absolute atomic E-state index is 0.0159. The van der Waals surface area contributed by atoms with Crippen molar-refractivity contribution in [1.82, 2.24) is 9.97 Å². The number of nitrogens with zero attached hydrogens (tertiary/aromatic N) is 1. The first-order valence-electron chi connectivity index (χ1n) is 14.7. The second-order valence-corrected chi connectivity index (χ2v) is 12.1. The Morgan fingerprint density at radius 1 is 0.907 bits per heavy atom. The molecule has 0 radical (unpaired) electrons. The summed E-state index contributed by atoms with van der Waals surface area (Å²) in [6.45, 7) is 8.61. The molecule has 1 atom stereocenters. The number of aromatic amines is 1. The highest BCUT2D eigenvalue weighted by molar-refractivity contribution is 6.04. The van der Waals surface area contributed by atoms with Crippen molar-refractivity contribution in [2.45, 2.75) is 58.3 Å². The first kappa shape index (κ1) is 29.8. The van der Waals surface area contributed by atoms with Crippen LogP contribution >= 0.6 is 0 Å². The lowest BCUT2D eigenvalue weighted by Gasteiger charge is -2.18. The van der Waals surface area contributed by atoms with Gasteiger partial charge in [0.2, 0.25) is 0 Å². The number of carbonyl (C=O) groups is 2. The van der Waals surface area contributed by atoms with Crippen molar-refractivity contribution < 1.29 is 19.4 Å². The topological polar surface area (TPSA) is 92.3 Å².